The fourth-order valence-corrected chi connectivity index (χ4v) is 2.31. The lowest BCUT2D eigenvalue weighted by Crippen LogP contribution is -2.39. The zero-order valence-corrected chi connectivity index (χ0v) is 12.2. The van der Waals surface area contributed by atoms with E-state index < -0.39 is 0 Å². The van der Waals surface area contributed by atoms with Gasteiger partial charge in [0.15, 0.2) is 0 Å². The van der Waals surface area contributed by atoms with E-state index >= 15 is 0 Å². The predicted molar refractivity (Wildman–Crippen MR) is 75.8 cm³/mol. The van der Waals surface area contributed by atoms with Gasteiger partial charge >= 0.3 is 0 Å². The third-order valence-corrected chi connectivity index (χ3v) is 3.54. The third kappa shape index (κ3) is 6.57. The summed E-state index contributed by atoms with van der Waals surface area (Å²) < 4.78 is 0. The van der Waals surface area contributed by atoms with Crippen LogP contribution in [0.25, 0.3) is 0 Å². The van der Waals surface area contributed by atoms with Crippen LogP contribution in [-0.4, -0.2) is 49.9 Å². The maximum Gasteiger partial charge on any atom is 0.239 e. The van der Waals surface area contributed by atoms with Gasteiger partial charge in [-0.2, -0.15) is 0 Å². The Bertz CT molecular complexity index is 288. The molecule has 5 nitrogen and oxygen atoms in total. The molecule has 1 aliphatic heterocycles. The fourth-order valence-electron chi connectivity index (χ4n) is 2.31. The van der Waals surface area contributed by atoms with Gasteiger partial charge < -0.3 is 15.5 Å². The monoisotopic (exact) mass is 269 g/mol. The van der Waals surface area contributed by atoms with E-state index in [2.05, 4.69) is 10.6 Å². The number of amides is 2. The first kappa shape index (κ1) is 16.0. The Balaban J connectivity index is 2.18. The molecule has 1 atom stereocenters. The van der Waals surface area contributed by atoms with Crippen LogP contribution < -0.4 is 10.6 Å². The first-order valence-electron chi connectivity index (χ1n) is 7.34. The second-order valence-electron chi connectivity index (χ2n) is 5.35. The van der Waals surface area contributed by atoms with Gasteiger partial charge in [0.1, 0.15) is 0 Å². The van der Waals surface area contributed by atoms with Crippen LogP contribution in [0, 0.1) is 5.92 Å². The van der Waals surface area contributed by atoms with E-state index in [-0.39, 0.29) is 18.4 Å². The minimum absolute atomic E-state index is 0.0669. The van der Waals surface area contributed by atoms with E-state index in [1.165, 1.54) is 17.7 Å². The summed E-state index contributed by atoms with van der Waals surface area (Å²) in [5.41, 5.74) is 0. The van der Waals surface area contributed by atoms with Gasteiger partial charge in [-0.25, -0.2) is 0 Å². The standard InChI is InChI=1S/C14H27N3O2/c1-3-8-16-13(18)11-17(2)14(19)7-6-12-5-4-9-15-10-12/h12,15H,3-11H2,1-2H3,(H,16,18). The predicted octanol–water partition coefficient (Wildman–Crippen LogP) is 0.751. The van der Waals surface area contributed by atoms with E-state index in [1.54, 1.807) is 7.05 Å². The van der Waals surface area contributed by atoms with Crippen molar-refractivity contribution in [2.24, 2.45) is 5.92 Å². The summed E-state index contributed by atoms with van der Waals surface area (Å²) in [4.78, 5) is 25.0. The van der Waals surface area contributed by atoms with Crippen LogP contribution in [0.15, 0.2) is 0 Å². The molecule has 5 heteroatoms. The van der Waals surface area contributed by atoms with Gasteiger partial charge in [0.05, 0.1) is 6.54 Å². The van der Waals surface area contributed by atoms with Crippen LogP contribution in [0.1, 0.15) is 39.0 Å². The number of piperidine rings is 1. The van der Waals surface area contributed by atoms with Crippen molar-refractivity contribution in [1.29, 1.82) is 0 Å². The number of nitrogens with one attached hydrogen (secondary N) is 2. The lowest BCUT2D eigenvalue weighted by Gasteiger charge is -2.23. The summed E-state index contributed by atoms with van der Waals surface area (Å²) in [7, 11) is 1.70. The number of hydrogen-bond donors (Lipinski definition) is 2. The quantitative estimate of drug-likeness (QED) is 0.717. The van der Waals surface area contributed by atoms with Crippen molar-refractivity contribution in [3.05, 3.63) is 0 Å². The molecule has 110 valence electrons. The largest absolute Gasteiger partial charge is 0.355 e. The van der Waals surface area contributed by atoms with Crippen molar-refractivity contribution in [2.45, 2.75) is 39.0 Å². The van der Waals surface area contributed by atoms with E-state index in [4.69, 9.17) is 0 Å². The molecule has 0 aromatic rings. The van der Waals surface area contributed by atoms with Crippen molar-refractivity contribution >= 4 is 11.8 Å². The van der Waals surface area contributed by atoms with Crippen molar-refractivity contribution in [3.63, 3.8) is 0 Å². The smallest absolute Gasteiger partial charge is 0.239 e. The topological polar surface area (TPSA) is 61.4 Å². The summed E-state index contributed by atoms with van der Waals surface area (Å²) >= 11 is 0. The zero-order chi connectivity index (χ0) is 14.1. The molecule has 0 aliphatic carbocycles. The Kier molecular flexibility index (Phi) is 7.48. The van der Waals surface area contributed by atoms with Gasteiger partial charge in [0, 0.05) is 20.0 Å². The average molecular weight is 269 g/mol. The molecule has 1 rings (SSSR count). The summed E-state index contributed by atoms with van der Waals surface area (Å²) in [6.45, 7) is 4.97. The number of carbonyl (C=O) groups excluding carboxylic acids is 2. The summed E-state index contributed by atoms with van der Waals surface area (Å²) in [5.74, 6) is 0.606. The maximum absolute atomic E-state index is 11.9. The van der Waals surface area contributed by atoms with Crippen LogP contribution in [0.3, 0.4) is 0 Å². The van der Waals surface area contributed by atoms with Crippen LogP contribution in [0.4, 0.5) is 0 Å². The number of hydrogen-bond acceptors (Lipinski definition) is 3. The lowest BCUT2D eigenvalue weighted by molar-refractivity contribution is -0.135. The number of nitrogens with zero attached hydrogens (tertiary/aromatic N) is 1. The Hall–Kier alpha value is -1.10. The molecule has 0 bridgehead atoms. The highest BCUT2D eigenvalue weighted by molar-refractivity contribution is 5.84. The van der Waals surface area contributed by atoms with Crippen molar-refractivity contribution < 1.29 is 9.59 Å². The minimum atomic E-state index is -0.0722. The van der Waals surface area contributed by atoms with Crippen LogP contribution >= 0.6 is 0 Å². The van der Waals surface area contributed by atoms with E-state index in [1.807, 2.05) is 6.92 Å². The summed E-state index contributed by atoms with van der Waals surface area (Å²) in [6.07, 6.45) is 4.80. The molecule has 1 heterocycles. The van der Waals surface area contributed by atoms with Crippen LogP contribution in [-0.2, 0) is 9.59 Å². The minimum Gasteiger partial charge on any atom is -0.355 e. The van der Waals surface area contributed by atoms with Gasteiger partial charge in [0.2, 0.25) is 11.8 Å². The fraction of sp³-hybridized carbons (Fsp3) is 0.857. The molecule has 1 saturated heterocycles. The third-order valence-electron chi connectivity index (χ3n) is 3.54. The molecular weight excluding hydrogens is 242 g/mol. The molecule has 0 aromatic heterocycles. The van der Waals surface area contributed by atoms with Crippen LogP contribution in [0.2, 0.25) is 0 Å². The molecule has 2 amide bonds. The number of carbonyl (C=O) groups is 2. The second-order valence-corrected chi connectivity index (χ2v) is 5.35. The van der Waals surface area contributed by atoms with Crippen molar-refractivity contribution in [1.82, 2.24) is 15.5 Å². The highest BCUT2D eigenvalue weighted by Crippen LogP contribution is 2.16. The zero-order valence-electron chi connectivity index (χ0n) is 12.2. The molecule has 1 aliphatic rings. The Labute approximate surface area is 116 Å². The Morgan fingerprint density at radius 1 is 1.42 bits per heavy atom. The molecule has 1 fully saturated rings. The Morgan fingerprint density at radius 2 is 2.21 bits per heavy atom. The normalized spacial score (nSPS) is 18.9. The summed E-state index contributed by atoms with van der Waals surface area (Å²) in [5, 5.41) is 6.13. The number of rotatable bonds is 7. The SMILES string of the molecule is CCCNC(=O)CN(C)C(=O)CCC1CCCNC1. The molecule has 19 heavy (non-hydrogen) atoms. The molecule has 2 N–H and O–H groups in total. The van der Waals surface area contributed by atoms with Gasteiger partial charge in [-0.15, -0.1) is 0 Å². The molecule has 1 unspecified atom stereocenters. The lowest BCUT2D eigenvalue weighted by atomic mass is 9.94. The highest BCUT2D eigenvalue weighted by atomic mass is 16.2. The first-order valence-corrected chi connectivity index (χ1v) is 7.34. The van der Waals surface area contributed by atoms with Gasteiger partial charge in [-0.1, -0.05) is 6.92 Å². The van der Waals surface area contributed by atoms with Gasteiger partial charge in [-0.3, -0.25) is 9.59 Å². The van der Waals surface area contributed by atoms with Crippen molar-refractivity contribution in [2.75, 3.05) is 33.2 Å². The van der Waals surface area contributed by atoms with E-state index in [9.17, 15) is 9.59 Å². The maximum atomic E-state index is 11.9. The second kappa shape index (κ2) is 8.91. The van der Waals surface area contributed by atoms with Gasteiger partial charge in [0.25, 0.3) is 0 Å². The van der Waals surface area contributed by atoms with E-state index in [0.717, 1.165) is 25.9 Å². The summed E-state index contributed by atoms with van der Waals surface area (Å²) in [6, 6.07) is 0. The van der Waals surface area contributed by atoms with Crippen molar-refractivity contribution in [3.8, 4) is 0 Å². The molecule has 0 spiro atoms. The number of likely N-dealkylation sites (N-methyl/N-ethyl adjacent to an activating group) is 1. The highest BCUT2D eigenvalue weighted by Gasteiger charge is 2.17. The molecule has 0 saturated carbocycles. The average Bonchev–Trinajstić information content (AvgIpc) is 2.43. The van der Waals surface area contributed by atoms with E-state index in [0.29, 0.717) is 18.9 Å². The molecule has 0 aromatic carbocycles. The molecular formula is C14H27N3O2. The van der Waals surface area contributed by atoms with Crippen LogP contribution in [0.5, 0.6) is 0 Å². The molecule has 0 radical (unpaired) electrons. The van der Waals surface area contributed by atoms with Gasteiger partial charge in [-0.05, 0) is 44.7 Å². The first-order chi connectivity index (χ1) is 9.13. The Morgan fingerprint density at radius 3 is 2.84 bits per heavy atom.